The molecule has 1 N–H and O–H groups in total. The molecule has 0 radical (unpaired) electrons. The van der Waals surface area contributed by atoms with Gasteiger partial charge in [0, 0.05) is 11.6 Å². The van der Waals surface area contributed by atoms with Crippen LogP contribution in [-0.4, -0.2) is 13.2 Å². The van der Waals surface area contributed by atoms with E-state index < -0.39 is 0 Å². The fraction of sp³-hybridized carbons (Fsp3) is 0.417. The second-order valence-corrected chi connectivity index (χ2v) is 8.58. The Bertz CT molecular complexity index is 820. The molecule has 2 aromatic carbocycles. The molecule has 0 fully saturated rings. The third-order valence-corrected chi connectivity index (χ3v) is 5.84. The lowest BCUT2D eigenvalue weighted by molar-refractivity contribution is 0.267. The van der Waals surface area contributed by atoms with Gasteiger partial charge in [0.25, 0.3) is 0 Å². The normalized spacial score (nSPS) is 13.8. The average Bonchev–Trinajstić information content (AvgIpc) is 2.73. The Balaban J connectivity index is 1.59. The summed E-state index contributed by atoms with van der Waals surface area (Å²) in [5, 5.41) is 4.28. The Morgan fingerprint density at radius 2 is 1.90 bits per heavy atom. The van der Waals surface area contributed by atoms with E-state index in [1.807, 2.05) is 31.2 Å². The van der Waals surface area contributed by atoms with Gasteiger partial charge in [0.1, 0.15) is 6.61 Å². The van der Waals surface area contributed by atoms with E-state index in [0.29, 0.717) is 13.2 Å². The number of hydrogen-bond donors (Lipinski definition) is 1. The van der Waals surface area contributed by atoms with Gasteiger partial charge >= 0.3 is 0 Å². The highest BCUT2D eigenvalue weighted by atomic mass is 79.9. The van der Waals surface area contributed by atoms with Crippen molar-refractivity contribution < 1.29 is 9.47 Å². The number of halogens is 2. The highest BCUT2D eigenvalue weighted by Crippen LogP contribution is 2.37. The lowest BCUT2D eigenvalue weighted by atomic mass is 9.97. The summed E-state index contributed by atoms with van der Waals surface area (Å²) in [6, 6.07) is 11.9. The summed E-state index contributed by atoms with van der Waals surface area (Å²) in [7, 11) is 0. The maximum Gasteiger partial charge on any atom is 0.175 e. The van der Waals surface area contributed by atoms with Crippen molar-refractivity contribution in [1.29, 1.82) is 0 Å². The van der Waals surface area contributed by atoms with E-state index in [1.165, 1.54) is 31.2 Å². The van der Waals surface area contributed by atoms with Crippen molar-refractivity contribution in [2.24, 2.45) is 0 Å². The molecule has 0 aromatic heterocycles. The van der Waals surface area contributed by atoms with Gasteiger partial charge in [-0.2, -0.15) is 0 Å². The molecule has 0 amide bonds. The molecule has 0 aliphatic heterocycles. The first-order valence-corrected chi connectivity index (χ1v) is 11.5. The van der Waals surface area contributed by atoms with Crippen LogP contribution in [0.1, 0.15) is 50.2 Å². The molecule has 0 heterocycles. The van der Waals surface area contributed by atoms with Gasteiger partial charge < -0.3 is 14.8 Å². The van der Waals surface area contributed by atoms with E-state index in [4.69, 9.17) is 21.1 Å². The SMILES string of the molecule is CCOc1cc(CNCCC2=CCCCC2)cc(Br)c1OCc1ccc(Cl)cc1. The number of allylic oxidation sites excluding steroid dienone is 1. The van der Waals surface area contributed by atoms with Crippen molar-refractivity contribution in [1.82, 2.24) is 5.32 Å². The third-order valence-electron chi connectivity index (χ3n) is 5.00. The second-order valence-electron chi connectivity index (χ2n) is 7.29. The van der Waals surface area contributed by atoms with E-state index in [0.717, 1.165) is 46.1 Å². The van der Waals surface area contributed by atoms with Gasteiger partial charge in [-0.05, 0) is 96.9 Å². The van der Waals surface area contributed by atoms with Crippen LogP contribution in [0.25, 0.3) is 0 Å². The van der Waals surface area contributed by atoms with Gasteiger partial charge in [-0.3, -0.25) is 0 Å². The zero-order valence-corrected chi connectivity index (χ0v) is 19.3. The largest absolute Gasteiger partial charge is 0.490 e. The van der Waals surface area contributed by atoms with Gasteiger partial charge in [0.15, 0.2) is 11.5 Å². The zero-order valence-electron chi connectivity index (χ0n) is 17.0. The first kappa shape index (κ1) is 22.2. The molecule has 29 heavy (non-hydrogen) atoms. The Kier molecular flexibility index (Phi) is 8.91. The lowest BCUT2D eigenvalue weighted by Crippen LogP contribution is -2.16. The second kappa shape index (κ2) is 11.6. The molecule has 0 saturated carbocycles. The Labute approximate surface area is 187 Å². The standard InChI is InChI=1S/C24H29BrClNO2/c1-2-28-23-15-20(16-27-13-12-18-6-4-3-5-7-18)14-22(25)24(23)29-17-19-8-10-21(26)11-9-19/h6,8-11,14-15,27H,2-5,7,12-13,16-17H2,1H3. The number of ether oxygens (including phenoxy) is 2. The predicted octanol–water partition coefficient (Wildman–Crippen LogP) is 7.06. The number of rotatable bonds is 10. The summed E-state index contributed by atoms with van der Waals surface area (Å²) in [5.74, 6) is 1.50. The first-order valence-electron chi connectivity index (χ1n) is 10.4. The summed E-state index contributed by atoms with van der Waals surface area (Å²) in [5.41, 5.74) is 3.84. The van der Waals surface area contributed by atoms with Crippen molar-refractivity contribution in [2.45, 2.75) is 52.2 Å². The maximum absolute atomic E-state index is 6.06. The quantitative estimate of drug-likeness (QED) is 0.293. The highest BCUT2D eigenvalue weighted by Gasteiger charge is 2.13. The van der Waals surface area contributed by atoms with Crippen LogP contribution in [0.3, 0.4) is 0 Å². The summed E-state index contributed by atoms with van der Waals surface area (Å²) in [4.78, 5) is 0. The van der Waals surface area contributed by atoms with Crippen LogP contribution < -0.4 is 14.8 Å². The van der Waals surface area contributed by atoms with Crippen LogP contribution >= 0.6 is 27.5 Å². The van der Waals surface area contributed by atoms with Crippen LogP contribution in [0.4, 0.5) is 0 Å². The molecule has 3 nitrogen and oxygen atoms in total. The molecule has 5 heteroatoms. The fourth-order valence-electron chi connectivity index (χ4n) is 3.48. The summed E-state index contributed by atoms with van der Waals surface area (Å²) in [6.45, 7) is 4.85. The van der Waals surface area contributed by atoms with E-state index in [2.05, 4.69) is 39.5 Å². The van der Waals surface area contributed by atoms with Crippen molar-refractivity contribution >= 4 is 27.5 Å². The van der Waals surface area contributed by atoms with Gasteiger partial charge in [-0.15, -0.1) is 0 Å². The summed E-state index contributed by atoms with van der Waals surface area (Å²) >= 11 is 9.62. The first-order chi connectivity index (χ1) is 14.2. The molecule has 3 rings (SSSR count). The topological polar surface area (TPSA) is 30.5 Å². The van der Waals surface area contributed by atoms with Crippen molar-refractivity contribution in [3.8, 4) is 11.5 Å². The molecule has 0 bridgehead atoms. The minimum atomic E-state index is 0.461. The molecule has 2 aromatic rings. The molecule has 1 aliphatic rings. The fourth-order valence-corrected chi connectivity index (χ4v) is 4.21. The molecule has 0 spiro atoms. The Morgan fingerprint density at radius 3 is 2.62 bits per heavy atom. The van der Waals surface area contributed by atoms with Gasteiger partial charge in [0.05, 0.1) is 11.1 Å². The van der Waals surface area contributed by atoms with Crippen molar-refractivity contribution in [2.75, 3.05) is 13.2 Å². The van der Waals surface area contributed by atoms with Crippen LogP contribution in [0, 0.1) is 0 Å². The van der Waals surface area contributed by atoms with Gasteiger partial charge in [-0.1, -0.05) is 35.4 Å². The zero-order chi connectivity index (χ0) is 20.5. The summed E-state index contributed by atoms with van der Waals surface area (Å²) in [6.07, 6.45) is 8.76. The maximum atomic E-state index is 6.06. The van der Waals surface area contributed by atoms with E-state index in [9.17, 15) is 0 Å². The minimum Gasteiger partial charge on any atom is -0.490 e. The number of nitrogens with one attached hydrogen (secondary N) is 1. The van der Waals surface area contributed by atoms with Crippen LogP contribution in [0.15, 0.2) is 52.5 Å². The monoisotopic (exact) mass is 477 g/mol. The predicted molar refractivity (Wildman–Crippen MR) is 124 cm³/mol. The minimum absolute atomic E-state index is 0.461. The average molecular weight is 479 g/mol. The van der Waals surface area contributed by atoms with Crippen molar-refractivity contribution in [3.63, 3.8) is 0 Å². The number of benzene rings is 2. The lowest BCUT2D eigenvalue weighted by Gasteiger charge is -2.16. The molecule has 1 aliphatic carbocycles. The van der Waals surface area contributed by atoms with Gasteiger partial charge in [0.2, 0.25) is 0 Å². The molecular formula is C24H29BrClNO2. The van der Waals surface area contributed by atoms with Gasteiger partial charge in [-0.25, -0.2) is 0 Å². The number of hydrogen-bond acceptors (Lipinski definition) is 3. The van der Waals surface area contributed by atoms with Crippen molar-refractivity contribution in [3.05, 3.63) is 68.7 Å². The summed E-state index contributed by atoms with van der Waals surface area (Å²) < 4.78 is 12.8. The Hall–Kier alpha value is -1.49. The third kappa shape index (κ3) is 7.06. The molecule has 0 atom stereocenters. The van der Waals surface area contributed by atoms with Crippen LogP contribution in [-0.2, 0) is 13.2 Å². The molecule has 0 unspecified atom stereocenters. The van der Waals surface area contributed by atoms with Crippen LogP contribution in [0.5, 0.6) is 11.5 Å². The molecule has 0 saturated heterocycles. The molecule has 156 valence electrons. The molecular weight excluding hydrogens is 450 g/mol. The van der Waals surface area contributed by atoms with E-state index >= 15 is 0 Å². The van der Waals surface area contributed by atoms with Crippen LogP contribution in [0.2, 0.25) is 5.02 Å². The smallest absolute Gasteiger partial charge is 0.175 e. The van der Waals surface area contributed by atoms with E-state index in [1.54, 1.807) is 5.57 Å². The Morgan fingerprint density at radius 1 is 1.07 bits per heavy atom. The highest BCUT2D eigenvalue weighted by molar-refractivity contribution is 9.10. The van der Waals surface area contributed by atoms with E-state index in [-0.39, 0.29) is 0 Å².